The first-order valence-corrected chi connectivity index (χ1v) is 6.96. The summed E-state index contributed by atoms with van der Waals surface area (Å²) in [7, 11) is 0. The van der Waals surface area contributed by atoms with Crippen LogP contribution in [0.2, 0.25) is 0 Å². The minimum absolute atomic E-state index is 0.351. The number of hydrogen-bond acceptors (Lipinski definition) is 3. The number of nitrogens with two attached hydrogens (primary N) is 1. The summed E-state index contributed by atoms with van der Waals surface area (Å²) in [5.41, 5.74) is 8.37. The fourth-order valence-corrected chi connectivity index (χ4v) is 3.35. The van der Waals surface area contributed by atoms with Gasteiger partial charge in [0.05, 0.1) is 0 Å². The monoisotopic (exact) mass is 259 g/mol. The number of nitrogens with one attached hydrogen (secondary N) is 1. The number of fused-ring (bicyclic) bond motifs is 1. The predicted octanol–water partition coefficient (Wildman–Crippen LogP) is 0.745. The summed E-state index contributed by atoms with van der Waals surface area (Å²) in [6.45, 7) is 7.75. The number of benzene rings is 1. The highest BCUT2D eigenvalue weighted by molar-refractivity contribution is 5.93. The molecule has 1 amide bonds. The van der Waals surface area contributed by atoms with Crippen LogP contribution in [0.5, 0.6) is 0 Å². The maximum absolute atomic E-state index is 11.1. The van der Waals surface area contributed by atoms with Crippen molar-refractivity contribution in [3.8, 4) is 0 Å². The number of rotatable bonds is 3. The van der Waals surface area contributed by atoms with E-state index in [1.54, 1.807) is 0 Å². The van der Waals surface area contributed by atoms with Gasteiger partial charge >= 0.3 is 0 Å². The third-order valence-corrected chi connectivity index (χ3v) is 4.49. The molecular weight excluding hydrogens is 238 g/mol. The Labute approximate surface area is 114 Å². The molecule has 1 aromatic carbocycles. The lowest BCUT2D eigenvalue weighted by molar-refractivity contribution is 0.1000. The van der Waals surface area contributed by atoms with Crippen molar-refractivity contribution in [3.63, 3.8) is 0 Å². The van der Waals surface area contributed by atoms with Gasteiger partial charge in [-0.3, -0.25) is 9.69 Å². The molecule has 2 unspecified atom stereocenters. The summed E-state index contributed by atoms with van der Waals surface area (Å²) in [5.74, 6) is 1.30. The van der Waals surface area contributed by atoms with Crippen LogP contribution < -0.4 is 11.1 Å². The molecule has 4 nitrogen and oxygen atoms in total. The van der Waals surface area contributed by atoms with E-state index in [4.69, 9.17) is 5.73 Å². The standard InChI is InChI=1S/C15H21N3O/c1-10-4-11(15(16)19)2-3-12(10)7-18-8-13-5-17-6-14(13)9-18/h2-4,13-14,17H,5-9H2,1H3,(H2,16,19). The van der Waals surface area contributed by atoms with Gasteiger partial charge in [0.1, 0.15) is 0 Å². The van der Waals surface area contributed by atoms with Crippen LogP contribution in [-0.4, -0.2) is 37.0 Å². The molecule has 0 radical (unpaired) electrons. The van der Waals surface area contributed by atoms with E-state index >= 15 is 0 Å². The minimum Gasteiger partial charge on any atom is -0.366 e. The number of amides is 1. The number of likely N-dealkylation sites (tertiary alicyclic amines) is 1. The third kappa shape index (κ3) is 2.51. The Balaban J connectivity index is 1.69. The molecule has 2 saturated heterocycles. The average molecular weight is 259 g/mol. The van der Waals surface area contributed by atoms with Crippen molar-refractivity contribution in [1.29, 1.82) is 0 Å². The van der Waals surface area contributed by atoms with Gasteiger partial charge in [0, 0.05) is 25.2 Å². The molecule has 19 heavy (non-hydrogen) atoms. The molecule has 2 aliphatic rings. The van der Waals surface area contributed by atoms with Crippen LogP contribution in [0.4, 0.5) is 0 Å². The fraction of sp³-hybridized carbons (Fsp3) is 0.533. The van der Waals surface area contributed by atoms with Gasteiger partial charge in [-0.2, -0.15) is 0 Å². The zero-order valence-corrected chi connectivity index (χ0v) is 11.4. The molecule has 0 aliphatic carbocycles. The van der Waals surface area contributed by atoms with E-state index in [1.807, 2.05) is 18.2 Å². The van der Waals surface area contributed by atoms with Gasteiger partial charge < -0.3 is 11.1 Å². The second-order valence-electron chi connectivity index (χ2n) is 5.88. The first kappa shape index (κ1) is 12.6. The highest BCUT2D eigenvalue weighted by atomic mass is 16.1. The van der Waals surface area contributed by atoms with Crippen LogP contribution in [0, 0.1) is 18.8 Å². The highest BCUT2D eigenvalue weighted by Crippen LogP contribution is 2.28. The van der Waals surface area contributed by atoms with Gasteiger partial charge in [0.2, 0.25) is 5.91 Å². The van der Waals surface area contributed by atoms with E-state index in [0.717, 1.165) is 23.9 Å². The molecule has 2 heterocycles. The Morgan fingerprint density at radius 2 is 2.05 bits per heavy atom. The van der Waals surface area contributed by atoms with Gasteiger partial charge in [0.25, 0.3) is 0 Å². The SMILES string of the molecule is Cc1cc(C(N)=O)ccc1CN1CC2CNCC2C1. The molecule has 0 aromatic heterocycles. The van der Waals surface area contributed by atoms with E-state index in [-0.39, 0.29) is 5.91 Å². The lowest BCUT2D eigenvalue weighted by atomic mass is 10.0. The van der Waals surface area contributed by atoms with Crippen molar-refractivity contribution in [2.75, 3.05) is 26.2 Å². The van der Waals surface area contributed by atoms with Gasteiger partial charge in [0.15, 0.2) is 0 Å². The molecule has 2 aliphatic heterocycles. The largest absolute Gasteiger partial charge is 0.366 e. The fourth-order valence-electron chi connectivity index (χ4n) is 3.35. The average Bonchev–Trinajstić information content (AvgIpc) is 2.92. The van der Waals surface area contributed by atoms with Crippen LogP contribution in [0.15, 0.2) is 18.2 Å². The zero-order valence-electron chi connectivity index (χ0n) is 11.4. The van der Waals surface area contributed by atoms with E-state index in [1.165, 1.54) is 31.7 Å². The number of primary amides is 1. The first-order chi connectivity index (χ1) is 9.13. The van der Waals surface area contributed by atoms with Crippen molar-refractivity contribution in [3.05, 3.63) is 34.9 Å². The van der Waals surface area contributed by atoms with Crippen LogP contribution in [0.25, 0.3) is 0 Å². The van der Waals surface area contributed by atoms with Crippen molar-refractivity contribution in [2.24, 2.45) is 17.6 Å². The van der Waals surface area contributed by atoms with E-state index < -0.39 is 0 Å². The topological polar surface area (TPSA) is 58.4 Å². The van der Waals surface area contributed by atoms with Crippen molar-refractivity contribution in [2.45, 2.75) is 13.5 Å². The number of hydrogen-bond donors (Lipinski definition) is 2. The molecule has 3 rings (SSSR count). The molecule has 2 atom stereocenters. The Hall–Kier alpha value is -1.39. The van der Waals surface area contributed by atoms with Gasteiger partial charge in [-0.1, -0.05) is 6.07 Å². The van der Waals surface area contributed by atoms with Crippen LogP contribution in [0.1, 0.15) is 21.5 Å². The molecule has 2 fully saturated rings. The molecule has 4 heteroatoms. The third-order valence-electron chi connectivity index (χ3n) is 4.49. The molecule has 0 spiro atoms. The molecule has 3 N–H and O–H groups in total. The summed E-state index contributed by atoms with van der Waals surface area (Å²) < 4.78 is 0. The van der Waals surface area contributed by atoms with E-state index in [9.17, 15) is 4.79 Å². The van der Waals surface area contributed by atoms with Crippen LogP contribution >= 0.6 is 0 Å². The van der Waals surface area contributed by atoms with Gasteiger partial charge in [-0.05, 0) is 55.1 Å². The van der Waals surface area contributed by atoms with E-state index in [0.29, 0.717) is 5.56 Å². The number of carbonyl (C=O) groups is 1. The Kier molecular flexibility index (Phi) is 3.29. The zero-order chi connectivity index (χ0) is 13.4. The van der Waals surface area contributed by atoms with Crippen molar-refractivity contribution < 1.29 is 4.79 Å². The molecule has 1 aromatic rings. The predicted molar refractivity (Wildman–Crippen MR) is 74.8 cm³/mol. The lowest BCUT2D eigenvalue weighted by Crippen LogP contribution is -2.25. The second-order valence-corrected chi connectivity index (χ2v) is 5.88. The normalized spacial score (nSPS) is 26.6. The molecular formula is C15H21N3O. The summed E-state index contributed by atoms with van der Waals surface area (Å²) in [4.78, 5) is 13.7. The number of nitrogens with zero attached hydrogens (tertiary/aromatic N) is 1. The van der Waals surface area contributed by atoms with Crippen LogP contribution in [-0.2, 0) is 6.54 Å². The van der Waals surface area contributed by atoms with Crippen molar-refractivity contribution >= 4 is 5.91 Å². The minimum atomic E-state index is -0.351. The maximum atomic E-state index is 11.1. The Morgan fingerprint density at radius 1 is 1.37 bits per heavy atom. The smallest absolute Gasteiger partial charge is 0.248 e. The molecule has 0 saturated carbocycles. The summed E-state index contributed by atoms with van der Waals surface area (Å²) in [5, 5.41) is 3.46. The van der Waals surface area contributed by atoms with Crippen LogP contribution in [0.3, 0.4) is 0 Å². The quantitative estimate of drug-likeness (QED) is 0.842. The Bertz CT molecular complexity index is 488. The molecule has 0 bridgehead atoms. The first-order valence-electron chi connectivity index (χ1n) is 6.96. The molecule has 102 valence electrons. The number of aryl methyl sites for hydroxylation is 1. The maximum Gasteiger partial charge on any atom is 0.248 e. The summed E-state index contributed by atoms with van der Waals surface area (Å²) >= 11 is 0. The summed E-state index contributed by atoms with van der Waals surface area (Å²) in [6.07, 6.45) is 0. The highest BCUT2D eigenvalue weighted by Gasteiger charge is 2.35. The lowest BCUT2D eigenvalue weighted by Gasteiger charge is -2.18. The van der Waals surface area contributed by atoms with Crippen molar-refractivity contribution in [1.82, 2.24) is 10.2 Å². The van der Waals surface area contributed by atoms with Gasteiger partial charge in [-0.25, -0.2) is 0 Å². The van der Waals surface area contributed by atoms with Gasteiger partial charge in [-0.15, -0.1) is 0 Å². The second kappa shape index (κ2) is 4.94. The Morgan fingerprint density at radius 3 is 2.63 bits per heavy atom. The van der Waals surface area contributed by atoms with E-state index in [2.05, 4.69) is 17.1 Å². The number of carbonyl (C=O) groups excluding carboxylic acids is 1. The summed E-state index contributed by atoms with van der Waals surface area (Å²) in [6, 6.07) is 5.78.